The molecule has 5 rings (SSSR count). The number of H-pyrrole nitrogens is 1. The Morgan fingerprint density at radius 1 is 0.805 bits per heavy atom. The van der Waals surface area contributed by atoms with Crippen molar-refractivity contribution < 1.29 is 14.6 Å². The molecule has 0 spiro atoms. The minimum absolute atomic E-state index is 0.151. The van der Waals surface area contributed by atoms with Gasteiger partial charge in [-0.1, -0.05) is 78.9 Å². The molecule has 0 radical (unpaired) electrons. The average molecular weight is 549 g/mol. The molecule has 0 saturated heterocycles. The summed E-state index contributed by atoms with van der Waals surface area (Å²) in [5.74, 6) is 1.41. The van der Waals surface area contributed by atoms with Gasteiger partial charge in [0, 0.05) is 30.6 Å². The van der Waals surface area contributed by atoms with Gasteiger partial charge >= 0.3 is 0 Å². The van der Waals surface area contributed by atoms with Crippen LogP contribution < -0.4 is 15.0 Å². The summed E-state index contributed by atoms with van der Waals surface area (Å²) in [6.45, 7) is 3.69. The molecule has 0 aliphatic heterocycles. The molecule has 4 aromatic carbocycles. The van der Waals surface area contributed by atoms with Crippen molar-refractivity contribution in [1.29, 1.82) is 0 Å². The number of nitrogens with one attached hydrogen (secondary N) is 1. The van der Waals surface area contributed by atoms with E-state index in [2.05, 4.69) is 41.1 Å². The lowest BCUT2D eigenvalue weighted by Gasteiger charge is -2.32. The largest absolute Gasteiger partial charge is 0.497 e. The molecule has 0 fully saturated rings. The number of rotatable bonds is 12. The predicted octanol–water partition coefficient (Wildman–Crippen LogP) is 6.28. The molecular formula is C35H36N2O4. The summed E-state index contributed by atoms with van der Waals surface area (Å²) in [4.78, 5) is 17.5. The topological polar surface area (TPSA) is 74.8 Å². The fourth-order valence-corrected chi connectivity index (χ4v) is 5.16. The monoisotopic (exact) mass is 548 g/mol. The Balaban J connectivity index is 1.40. The number of methoxy groups -OCH3 is 1. The molecule has 2 atom stereocenters. The van der Waals surface area contributed by atoms with Gasteiger partial charge in [-0.25, -0.2) is 0 Å². The number of pyridine rings is 1. The van der Waals surface area contributed by atoms with Gasteiger partial charge in [0.05, 0.1) is 18.7 Å². The summed E-state index contributed by atoms with van der Waals surface area (Å²) in [6.07, 6.45) is 0.0396. The van der Waals surface area contributed by atoms with Gasteiger partial charge in [0.15, 0.2) is 0 Å². The lowest BCUT2D eigenvalue weighted by Crippen LogP contribution is -2.37. The first-order valence-electron chi connectivity index (χ1n) is 13.9. The molecule has 0 bridgehead atoms. The summed E-state index contributed by atoms with van der Waals surface area (Å²) < 4.78 is 11.4. The van der Waals surface area contributed by atoms with Crippen molar-refractivity contribution in [2.75, 3.05) is 13.7 Å². The molecule has 0 aliphatic carbocycles. The van der Waals surface area contributed by atoms with Crippen LogP contribution in [-0.2, 0) is 19.6 Å². The quantitative estimate of drug-likeness (QED) is 0.192. The summed E-state index contributed by atoms with van der Waals surface area (Å²) in [6, 6.07) is 35.5. The number of aromatic amines is 1. The van der Waals surface area contributed by atoms with Crippen LogP contribution >= 0.6 is 0 Å². The first-order chi connectivity index (χ1) is 20.0. The van der Waals surface area contributed by atoms with E-state index < -0.39 is 6.10 Å². The second kappa shape index (κ2) is 13.3. The van der Waals surface area contributed by atoms with Gasteiger partial charge in [-0.2, -0.15) is 0 Å². The van der Waals surface area contributed by atoms with E-state index in [-0.39, 0.29) is 11.6 Å². The van der Waals surface area contributed by atoms with Crippen LogP contribution in [0, 0.1) is 0 Å². The highest BCUT2D eigenvalue weighted by molar-refractivity contribution is 5.87. The Kier molecular flexibility index (Phi) is 9.14. The van der Waals surface area contributed by atoms with Crippen LogP contribution in [0.5, 0.6) is 11.5 Å². The number of hydrogen-bond donors (Lipinski definition) is 2. The summed E-state index contributed by atoms with van der Waals surface area (Å²) in [5.41, 5.74) is 4.54. The number of ether oxygens (including phenoxy) is 2. The van der Waals surface area contributed by atoms with Crippen LogP contribution in [0.4, 0.5) is 0 Å². The second-order valence-electron chi connectivity index (χ2n) is 10.4. The maximum Gasteiger partial charge on any atom is 0.248 e. The van der Waals surface area contributed by atoms with Gasteiger partial charge in [0.25, 0.3) is 0 Å². The van der Waals surface area contributed by atoms with Gasteiger partial charge < -0.3 is 19.6 Å². The highest BCUT2D eigenvalue weighted by atomic mass is 16.5. The van der Waals surface area contributed by atoms with Crippen LogP contribution in [0.1, 0.15) is 35.3 Å². The molecule has 0 unspecified atom stereocenters. The maximum atomic E-state index is 12.3. The third-order valence-corrected chi connectivity index (χ3v) is 7.44. The van der Waals surface area contributed by atoms with Gasteiger partial charge in [-0.05, 0) is 59.9 Å². The fourth-order valence-electron chi connectivity index (χ4n) is 5.16. The van der Waals surface area contributed by atoms with E-state index in [1.165, 1.54) is 17.2 Å². The van der Waals surface area contributed by atoms with E-state index in [1.54, 1.807) is 13.2 Å². The Labute approximate surface area is 240 Å². The van der Waals surface area contributed by atoms with Gasteiger partial charge in [0.2, 0.25) is 5.56 Å². The molecule has 1 aromatic heterocycles. The van der Waals surface area contributed by atoms with Crippen molar-refractivity contribution in [2.24, 2.45) is 0 Å². The lowest BCUT2D eigenvalue weighted by atomic mass is 10.00. The van der Waals surface area contributed by atoms with E-state index in [4.69, 9.17) is 9.47 Å². The SMILES string of the molecule is COc1ccc(C[C@@H](C)N(Cc2ccccc2)C[C@H](O)c2ccc(OCc3ccccc3)c3[nH]c(=O)ccc23)cc1. The van der Waals surface area contributed by atoms with Gasteiger partial charge in [0.1, 0.15) is 18.1 Å². The number of fused-ring (bicyclic) bond motifs is 1. The zero-order chi connectivity index (χ0) is 28.6. The Morgan fingerprint density at radius 3 is 2.17 bits per heavy atom. The number of benzene rings is 4. The van der Waals surface area contributed by atoms with E-state index >= 15 is 0 Å². The molecule has 0 amide bonds. The van der Waals surface area contributed by atoms with Crippen molar-refractivity contribution in [3.8, 4) is 11.5 Å². The van der Waals surface area contributed by atoms with Crippen LogP contribution in [0.3, 0.4) is 0 Å². The Bertz CT molecular complexity index is 1600. The van der Waals surface area contributed by atoms with E-state index in [9.17, 15) is 9.90 Å². The van der Waals surface area contributed by atoms with Crippen LogP contribution in [0.25, 0.3) is 10.9 Å². The molecule has 2 N–H and O–H groups in total. The average Bonchev–Trinajstić information content (AvgIpc) is 3.00. The first kappa shape index (κ1) is 28.1. The number of nitrogens with zero attached hydrogens (tertiary/aromatic N) is 1. The molecule has 0 saturated carbocycles. The molecule has 210 valence electrons. The number of aromatic nitrogens is 1. The zero-order valence-corrected chi connectivity index (χ0v) is 23.5. The smallest absolute Gasteiger partial charge is 0.248 e. The second-order valence-corrected chi connectivity index (χ2v) is 10.4. The summed E-state index contributed by atoms with van der Waals surface area (Å²) in [5, 5.41) is 12.4. The number of aliphatic hydroxyl groups excluding tert-OH is 1. The van der Waals surface area contributed by atoms with Crippen molar-refractivity contribution in [1.82, 2.24) is 9.88 Å². The van der Waals surface area contributed by atoms with Gasteiger partial charge in [-0.3, -0.25) is 9.69 Å². The van der Waals surface area contributed by atoms with Crippen molar-refractivity contribution >= 4 is 10.9 Å². The van der Waals surface area contributed by atoms with E-state index in [0.717, 1.165) is 28.7 Å². The predicted molar refractivity (Wildman–Crippen MR) is 163 cm³/mol. The van der Waals surface area contributed by atoms with E-state index in [0.29, 0.717) is 31.0 Å². The minimum Gasteiger partial charge on any atom is -0.497 e. The molecular weight excluding hydrogens is 512 g/mol. The molecule has 5 aromatic rings. The number of hydrogen-bond acceptors (Lipinski definition) is 5. The van der Waals surface area contributed by atoms with E-state index in [1.807, 2.05) is 72.8 Å². The highest BCUT2D eigenvalue weighted by Crippen LogP contribution is 2.31. The summed E-state index contributed by atoms with van der Waals surface area (Å²) >= 11 is 0. The normalized spacial score (nSPS) is 12.8. The molecule has 41 heavy (non-hydrogen) atoms. The van der Waals surface area contributed by atoms with Crippen molar-refractivity contribution in [3.63, 3.8) is 0 Å². The van der Waals surface area contributed by atoms with Crippen molar-refractivity contribution in [2.45, 2.75) is 38.6 Å². The molecule has 6 heteroatoms. The van der Waals surface area contributed by atoms with Crippen LogP contribution in [0.2, 0.25) is 0 Å². The van der Waals surface area contributed by atoms with Crippen molar-refractivity contribution in [3.05, 3.63) is 142 Å². The Hall–Kier alpha value is -4.39. The fraction of sp³-hybridized carbons (Fsp3) is 0.229. The third-order valence-electron chi connectivity index (χ3n) is 7.44. The highest BCUT2D eigenvalue weighted by Gasteiger charge is 2.22. The molecule has 6 nitrogen and oxygen atoms in total. The number of aliphatic hydroxyl groups is 1. The van der Waals surface area contributed by atoms with Crippen LogP contribution in [-0.4, -0.2) is 34.7 Å². The lowest BCUT2D eigenvalue weighted by molar-refractivity contribution is 0.0867. The zero-order valence-electron chi connectivity index (χ0n) is 23.5. The standard InChI is InChI=1S/C35H36N2O4/c1-25(21-26-13-15-29(40-2)16-14-26)37(22-27-9-5-3-6-10-27)23-32(38)30-17-19-33(35-31(30)18-20-34(39)36-35)41-24-28-11-7-4-8-12-28/h3-20,25,32,38H,21-24H2,1-2H3,(H,36,39)/t25-,32+/m1/s1. The molecule has 0 aliphatic rings. The molecule has 1 heterocycles. The Morgan fingerprint density at radius 2 is 1.49 bits per heavy atom. The summed E-state index contributed by atoms with van der Waals surface area (Å²) in [7, 11) is 1.67. The van der Waals surface area contributed by atoms with Crippen LogP contribution in [0.15, 0.2) is 114 Å². The maximum absolute atomic E-state index is 12.3. The first-order valence-corrected chi connectivity index (χ1v) is 13.9. The third kappa shape index (κ3) is 7.23. The minimum atomic E-state index is -0.784. The van der Waals surface area contributed by atoms with Gasteiger partial charge in [-0.15, -0.1) is 0 Å².